The van der Waals surface area contributed by atoms with E-state index in [2.05, 4.69) is 10.1 Å². The molecule has 2 aromatic carbocycles. The lowest BCUT2D eigenvalue weighted by molar-refractivity contribution is -0.140. The molecule has 0 aromatic heterocycles. The summed E-state index contributed by atoms with van der Waals surface area (Å²) >= 11 is 11.8. The minimum Gasteiger partial charge on any atom is -0.469 e. The van der Waals surface area contributed by atoms with Crippen molar-refractivity contribution in [3.8, 4) is 17.6 Å². The van der Waals surface area contributed by atoms with Gasteiger partial charge in [-0.05, 0) is 24.3 Å². The van der Waals surface area contributed by atoms with E-state index in [1.54, 1.807) is 0 Å². The molecule has 0 aliphatic rings. The number of anilines is 1. The third-order valence-corrected chi connectivity index (χ3v) is 4.09. The minimum atomic E-state index is -4.60. The third-order valence-electron chi connectivity index (χ3n) is 3.53. The Morgan fingerprint density at radius 2 is 1.86 bits per heavy atom. The summed E-state index contributed by atoms with van der Waals surface area (Å²) in [6.45, 7) is 0.201. The van der Waals surface area contributed by atoms with Crippen LogP contribution in [0.3, 0.4) is 0 Å². The van der Waals surface area contributed by atoms with Gasteiger partial charge in [0.15, 0.2) is 5.75 Å². The van der Waals surface area contributed by atoms with Crippen LogP contribution in [0.4, 0.5) is 18.9 Å². The molecule has 0 radical (unpaired) electrons. The molecule has 1 N–H and O–H groups in total. The number of carbonyl (C=O) groups excluding carboxylic acids is 1. The molecule has 0 bridgehead atoms. The van der Waals surface area contributed by atoms with Crippen LogP contribution in [0.15, 0.2) is 30.3 Å². The Bertz CT molecular complexity index is 904. The molecule has 2 aromatic rings. The summed E-state index contributed by atoms with van der Waals surface area (Å²) in [5, 5.41) is 11.4. The number of carbonyl (C=O) groups is 1. The molecule has 148 valence electrons. The number of methoxy groups -OCH3 is 1. The molecule has 0 unspecified atom stereocenters. The number of alkyl halides is 3. The van der Waals surface area contributed by atoms with Crippen molar-refractivity contribution in [2.75, 3.05) is 19.0 Å². The second-order valence-corrected chi connectivity index (χ2v) is 6.26. The number of benzene rings is 2. The van der Waals surface area contributed by atoms with Crippen LogP contribution in [-0.2, 0) is 15.7 Å². The maximum atomic E-state index is 12.8. The van der Waals surface area contributed by atoms with Crippen LogP contribution in [0.1, 0.15) is 17.5 Å². The molecule has 0 atom stereocenters. The Balaban J connectivity index is 2.26. The van der Waals surface area contributed by atoms with Gasteiger partial charge in [0.1, 0.15) is 11.8 Å². The number of hydrogen-bond donors (Lipinski definition) is 1. The highest BCUT2D eigenvalue weighted by molar-refractivity contribution is 6.37. The van der Waals surface area contributed by atoms with Crippen molar-refractivity contribution in [1.82, 2.24) is 0 Å². The van der Waals surface area contributed by atoms with Crippen molar-refractivity contribution >= 4 is 34.9 Å². The largest absolute Gasteiger partial charge is 0.469 e. The summed E-state index contributed by atoms with van der Waals surface area (Å²) in [4.78, 5) is 11.2. The number of ether oxygens (including phenoxy) is 2. The van der Waals surface area contributed by atoms with Crippen molar-refractivity contribution in [2.45, 2.75) is 12.6 Å². The molecule has 0 saturated heterocycles. The third kappa shape index (κ3) is 5.44. The van der Waals surface area contributed by atoms with Crippen molar-refractivity contribution < 1.29 is 27.4 Å². The second kappa shape index (κ2) is 9.04. The number of nitrogens with zero attached hydrogens (tertiary/aromatic N) is 1. The van der Waals surface area contributed by atoms with Crippen LogP contribution < -0.4 is 10.1 Å². The first-order chi connectivity index (χ1) is 13.2. The highest BCUT2D eigenvalue weighted by Crippen LogP contribution is 2.42. The zero-order chi connectivity index (χ0) is 20.9. The van der Waals surface area contributed by atoms with Crippen LogP contribution in [0.25, 0.3) is 0 Å². The number of hydrogen-bond acceptors (Lipinski definition) is 5. The van der Waals surface area contributed by atoms with Gasteiger partial charge in [-0.1, -0.05) is 23.2 Å². The number of halogens is 5. The maximum absolute atomic E-state index is 12.8. The minimum absolute atomic E-state index is 0.0724. The number of rotatable bonds is 6. The van der Waals surface area contributed by atoms with Crippen molar-refractivity contribution in [2.24, 2.45) is 0 Å². The summed E-state index contributed by atoms with van der Waals surface area (Å²) in [7, 11) is 1.26. The van der Waals surface area contributed by atoms with Crippen LogP contribution in [0, 0.1) is 11.3 Å². The van der Waals surface area contributed by atoms with Gasteiger partial charge in [0.2, 0.25) is 0 Å². The molecule has 0 amide bonds. The Kier molecular flexibility index (Phi) is 7.00. The maximum Gasteiger partial charge on any atom is 0.416 e. The Labute approximate surface area is 168 Å². The van der Waals surface area contributed by atoms with Gasteiger partial charge in [-0.3, -0.25) is 4.79 Å². The van der Waals surface area contributed by atoms with E-state index in [-0.39, 0.29) is 40.1 Å². The number of nitriles is 1. The molecule has 5 nitrogen and oxygen atoms in total. The molecule has 0 saturated carbocycles. The van der Waals surface area contributed by atoms with Crippen LogP contribution in [0.5, 0.6) is 11.5 Å². The predicted molar refractivity (Wildman–Crippen MR) is 97.8 cm³/mol. The summed E-state index contributed by atoms with van der Waals surface area (Å²) in [6, 6.07) is 7.72. The lowest BCUT2D eigenvalue weighted by atomic mass is 10.1. The van der Waals surface area contributed by atoms with E-state index >= 15 is 0 Å². The fourth-order valence-electron chi connectivity index (χ4n) is 2.17. The smallest absolute Gasteiger partial charge is 0.416 e. The van der Waals surface area contributed by atoms with E-state index in [0.29, 0.717) is 17.8 Å². The average Bonchev–Trinajstić information content (AvgIpc) is 2.63. The predicted octanol–water partition coefficient (Wildman–Crippen LogP) is 5.65. The standard InChI is InChI=1S/C18H13Cl2F3N2O3/c1-27-16(26)4-5-25-15-8-12(3-2-10(15)9-24)28-17-13(19)6-11(7-14(17)20)18(21,22)23/h2-3,6-8,25H,4-5H2,1H3. The van der Waals surface area contributed by atoms with Gasteiger partial charge in [-0.25, -0.2) is 0 Å². The fraction of sp³-hybridized carbons (Fsp3) is 0.222. The zero-order valence-electron chi connectivity index (χ0n) is 14.4. The van der Waals surface area contributed by atoms with Gasteiger partial charge < -0.3 is 14.8 Å². The lowest BCUT2D eigenvalue weighted by Gasteiger charge is -2.14. The Morgan fingerprint density at radius 1 is 1.21 bits per heavy atom. The highest BCUT2D eigenvalue weighted by atomic mass is 35.5. The van der Waals surface area contributed by atoms with Gasteiger partial charge in [0.25, 0.3) is 0 Å². The van der Waals surface area contributed by atoms with Crippen molar-refractivity contribution in [1.29, 1.82) is 5.26 Å². The van der Waals surface area contributed by atoms with Crippen LogP contribution in [-0.4, -0.2) is 19.6 Å². The summed E-state index contributed by atoms with van der Waals surface area (Å²) in [5.41, 5.74) is -0.357. The SMILES string of the molecule is COC(=O)CCNc1cc(Oc2c(Cl)cc(C(F)(F)F)cc2Cl)ccc1C#N. The summed E-state index contributed by atoms with van der Waals surface area (Å²) in [5.74, 6) is -0.397. The summed E-state index contributed by atoms with van der Waals surface area (Å²) in [6.07, 6.45) is -4.53. The molecule has 2 rings (SSSR count). The topological polar surface area (TPSA) is 71.3 Å². The molecule has 0 spiro atoms. The molecule has 0 fully saturated rings. The molecule has 10 heteroatoms. The van der Waals surface area contributed by atoms with Crippen LogP contribution >= 0.6 is 23.2 Å². The molecule has 28 heavy (non-hydrogen) atoms. The summed E-state index contributed by atoms with van der Waals surface area (Å²) < 4.78 is 48.5. The fourth-order valence-corrected chi connectivity index (χ4v) is 2.74. The lowest BCUT2D eigenvalue weighted by Crippen LogP contribution is -2.10. The quantitative estimate of drug-likeness (QED) is 0.596. The molecule has 0 aliphatic heterocycles. The first kappa shape index (κ1) is 21.7. The van der Waals surface area contributed by atoms with E-state index < -0.39 is 17.7 Å². The number of esters is 1. The van der Waals surface area contributed by atoms with Crippen molar-refractivity contribution in [3.63, 3.8) is 0 Å². The van der Waals surface area contributed by atoms with E-state index in [1.165, 1.54) is 25.3 Å². The van der Waals surface area contributed by atoms with Gasteiger partial charge in [-0.15, -0.1) is 0 Å². The van der Waals surface area contributed by atoms with Gasteiger partial charge in [0.05, 0.1) is 40.4 Å². The van der Waals surface area contributed by atoms with E-state index in [1.807, 2.05) is 6.07 Å². The van der Waals surface area contributed by atoms with Gasteiger partial charge in [-0.2, -0.15) is 18.4 Å². The molecule has 0 aliphatic carbocycles. The zero-order valence-corrected chi connectivity index (χ0v) is 15.9. The molecule has 0 heterocycles. The molecular weight excluding hydrogens is 420 g/mol. The average molecular weight is 433 g/mol. The van der Waals surface area contributed by atoms with E-state index in [9.17, 15) is 23.2 Å². The van der Waals surface area contributed by atoms with E-state index in [4.69, 9.17) is 27.9 Å². The van der Waals surface area contributed by atoms with Crippen LogP contribution in [0.2, 0.25) is 10.0 Å². The van der Waals surface area contributed by atoms with Gasteiger partial charge in [0, 0.05) is 12.6 Å². The van der Waals surface area contributed by atoms with Gasteiger partial charge >= 0.3 is 12.1 Å². The molecular formula is C18H13Cl2F3N2O3. The number of nitrogens with one attached hydrogen (secondary N) is 1. The normalized spacial score (nSPS) is 10.9. The highest BCUT2D eigenvalue weighted by Gasteiger charge is 2.32. The Hall–Kier alpha value is -2.63. The Morgan fingerprint density at radius 3 is 2.39 bits per heavy atom. The second-order valence-electron chi connectivity index (χ2n) is 5.44. The van der Waals surface area contributed by atoms with E-state index in [0.717, 1.165) is 0 Å². The first-order valence-corrected chi connectivity index (χ1v) is 8.50. The monoisotopic (exact) mass is 432 g/mol. The first-order valence-electron chi connectivity index (χ1n) is 7.74. The van der Waals surface area contributed by atoms with Crippen molar-refractivity contribution in [3.05, 3.63) is 51.5 Å².